The summed E-state index contributed by atoms with van der Waals surface area (Å²) in [6.45, 7) is 3.49. The van der Waals surface area contributed by atoms with E-state index in [-0.39, 0.29) is 0 Å². The fourth-order valence-electron chi connectivity index (χ4n) is 4.05. The van der Waals surface area contributed by atoms with E-state index in [1.807, 2.05) is 24.4 Å². The van der Waals surface area contributed by atoms with Crippen LogP contribution in [0, 0.1) is 6.92 Å². The molecule has 7 heteroatoms. The number of methoxy groups -OCH3 is 1. The molecule has 0 bridgehead atoms. The Balaban J connectivity index is 1.62. The van der Waals surface area contributed by atoms with E-state index in [2.05, 4.69) is 6.07 Å². The molecule has 26 heavy (non-hydrogen) atoms. The maximum absolute atomic E-state index is 12.9. The second kappa shape index (κ2) is 6.64. The third-order valence-electron chi connectivity index (χ3n) is 5.37. The van der Waals surface area contributed by atoms with Crippen LogP contribution in [-0.4, -0.2) is 39.5 Å². The van der Waals surface area contributed by atoms with Gasteiger partial charge in [0, 0.05) is 18.7 Å². The molecule has 5 nitrogen and oxygen atoms in total. The van der Waals surface area contributed by atoms with Crippen molar-refractivity contribution >= 4 is 21.4 Å². The minimum Gasteiger partial charge on any atom is -0.496 e. The first-order valence-corrected chi connectivity index (χ1v) is 11.1. The Morgan fingerprint density at radius 2 is 2.04 bits per heavy atom. The lowest BCUT2D eigenvalue weighted by Crippen LogP contribution is -2.48. The molecule has 3 heterocycles. The molecule has 140 valence electrons. The summed E-state index contributed by atoms with van der Waals surface area (Å²) in [4.78, 5) is 0. The fourth-order valence-corrected chi connectivity index (χ4v) is 6.87. The number of thiophene rings is 1. The predicted octanol–water partition coefficient (Wildman–Crippen LogP) is 3.32. The van der Waals surface area contributed by atoms with Crippen molar-refractivity contribution in [3.8, 4) is 5.75 Å². The lowest BCUT2D eigenvalue weighted by atomic mass is 9.79. The zero-order chi connectivity index (χ0) is 18.4. The molecule has 0 N–H and O–H groups in total. The summed E-state index contributed by atoms with van der Waals surface area (Å²) >= 11 is 1.29. The molecule has 1 saturated heterocycles. The van der Waals surface area contributed by atoms with Crippen LogP contribution in [-0.2, 0) is 26.8 Å². The van der Waals surface area contributed by atoms with E-state index < -0.39 is 15.6 Å². The van der Waals surface area contributed by atoms with Crippen molar-refractivity contribution in [1.29, 1.82) is 0 Å². The zero-order valence-corrected chi connectivity index (χ0v) is 16.7. The number of nitrogens with zero attached hydrogens (tertiary/aromatic N) is 1. The highest BCUT2D eigenvalue weighted by molar-refractivity contribution is 7.91. The van der Waals surface area contributed by atoms with E-state index in [0.717, 1.165) is 23.3 Å². The number of aryl methyl sites for hydroxylation is 1. The van der Waals surface area contributed by atoms with Gasteiger partial charge in [-0.3, -0.25) is 0 Å². The van der Waals surface area contributed by atoms with Gasteiger partial charge in [0.15, 0.2) is 0 Å². The van der Waals surface area contributed by atoms with Crippen LogP contribution < -0.4 is 4.74 Å². The summed E-state index contributed by atoms with van der Waals surface area (Å²) in [6, 6.07) is 7.85. The number of hydrogen-bond acceptors (Lipinski definition) is 5. The van der Waals surface area contributed by atoms with Crippen LogP contribution in [0.25, 0.3) is 0 Å². The average molecular weight is 394 g/mol. The van der Waals surface area contributed by atoms with Gasteiger partial charge in [-0.15, -0.1) is 11.3 Å². The molecule has 0 radical (unpaired) electrons. The Labute approximate surface area is 158 Å². The van der Waals surface area contributed by atoms with Crippen molar-refractivity contribution in [2.24, 2.45) is 0 Å². The smallest absolute Gasteiger partial charge is 0.252 e. The van der Waals surface area contributed by atoms with Gasteiger partial charge in [-0.1, -0.05) is 12.1 Å². The van der Waals surface area contributed by atoms with Gasteiger partial charge in [-0.25, -0.2) is 8.42 Å². The largest absolute Gasteiger partial charge is 0.496 e. The second-order valence-electron chi connectivity index (χ2n) is 6.93. The van der Waals surface area contributed by atoms with Crippen molar-refractivity contribution in [3.05, 3.63) is 46.3 Å². The maximum Gasteiger partial charge on any atom is 0.252 e. The number of sulfonamides is 1. The third-order valence-corrected chi connectivity index (χ3v) is 8.80. The monoisotopic (exact) mass is 393 g/mol. The quantitative estimate of drug-likeness (QED) is 0.803. The van der Waals surface area contributed by atoms with Crippen LogP contribution in [0.15, 0.2) is 33.9 Å². The van der Waals surface area contributed by atoms with E-state index in [9.17, 15) is 8.42 Å². The van der Waals surface area contributed by atoms with Gasteiger partial charge in [-0.2, -0.15) is 4.31 Å². The van der Waals surface area contributed by atoms with E-state index >= 15 is 0 Å². The second-order valence-corrected chi connectivity index (χ2v) is 10.0. The molecule has 1 fully saturated rings. The van der Waals surface area contributed by atoms with Gasteiger partial charge in [-0.05, 0) is 54.8 Å². The van der Waals surface area contributed by atoms with Gasteiger partial charge < -0.3 is 9.47 Å². The molecule has 0 amide bonds. The first kappa shape index (κ1) is 18.0. The lowest BCUT2D eigenvalue weighted by molar-refractivity contribution is -0.0903. The summed E-state index contributed by atoms with van der Waals surface area (Å²) in [5.74, 6) is 0.840. The number of rotatable bonds is 3. The molecule has 1 spiro atoms. The van der Waals surface area contributed by atoms with Crippen LogP contribution in [0.2, 0.25) is 0 Å². The molecule has 2 aliphatic heterocycles. The van der Waals surface area contributed by atoms with Crippen LogP contribution in [0.1, 0.15) is 29.5 Å². The first-order chi connectivity index (χ1) is 12.5. The van der Waals surface area contributed by atoms with Crippen molar-refractivity contribution < 1.29 is 17.9 Å². The normalized spacial score (nSPS) is 20.1. The van der Waals surface area contributed by atoms with E-state index in [1.54, 1.807) is 17.5 Å². The van der Waals surface area contributed by atoms with Gasteiger partial charge in [0.25, 0.3) is 10.0 Å². The molecular formula is C19H23NO4S2. The molecular weight excluding hydrogens is 370 g/mol. The molecule has 2 aliphatic rings. The number of benzene rings is 1. The Morgan fingerprint density at radius 3 is 2.69 bits per heavy atom. The zero-order valence-electron chi connectivity index (χ0n) is 15.0. The minimum absolute atomic E-state index is 0.425. The molecule has 1 aromatic carbocycles. The Bertz CT molecular complexity index is 897. The highest BCUT2D eigenvalue weighted by atomic mass is 32.2. The topological polar surface area (TPSA) is 55.8 Å². The van der Waals surface area contributed by atoms with Crippen molar-refractivity contribution in [3.63, 3.8) is 0 Å². The number of ether oxygens (including phenoxy) is 2. The van der Waals surface area contributed by atoms with Gasteiger partial charge in [0.2, 0.25) is 0 Å². The molecule has 0 aliphatic carbocycles. The van der Waals surface area contributed by atoms with Crippen LogP contribution in [0.5, 0.6) is 5.75 Å². The molecule has 2 aromatic rings. The Morgan fingerprint density at radius 1 is 1.27 bits per heavy atom. The fraction of sp³-hybridized carbons (Fsp3) is 0.474. The summed E-state index contributed by atoms with van der Waals surface area (Å²) in [5, 5.41) is 1.88. The maximum atomic E-state index is 12.9. The first-order valence-electron chi connectivity index (χ1n) is 8.82. The number of hydrogen-bond donors (Lipinski definition) is 0. The summed E-state index contributed by atoms with van der Waals surface area (Å²) < 4.78 is 39.7. The molecule has 0 unspecified atom stereocenters. The minimum atomic E-state index is -3.42. The van der Waals surface area contributed by atoms with Crippen LogP contribution >= 0.6 is 11.3 Å². The Kier molecular flexibility index (Phi) is 4.59. The van der Waals surface area contributed by atoms with Crippen molar-refractivity contribution in [1.82, 2.24) is 4.31 Å². The number of fused-ring (bicyclic) bond motifs is 2. The summed E-state index contributed by atoms with van der Waals surface area (Å²) in [6.07, 6.45) is 2.15. The van der Waals surface area contributed by atoms with Gasteiger partial charge >= 0.3 is 0 Å². The predicted molar refractivity (Wildman–Crippen MR) is 101 cm³/mol. The SMILES string of the molecule is COc1cccc2c1C1(CCN(S(=O)(=O)c3cc(C)cs3)CC1)OCC2. The van der Waals surface area contributed by atoms with Crippen LogP contribution in [0.4, 0.5) is 0 Å². The number of piperidine rings is 1. The van der Waals surface area contributed by atoms with Gasteiger partial charge in [0.1, 0.15) is 9.96 Å². The molecule has 1 aromatic heterocycles. The molecule has 4 rings (SSSR count). The summed E-state index contributed by atoms with van der Waals surface area (Å²) in [7, 11) is -1.75. The summed E-state index contributed by atoms with van der Waals surface area (Å²) in [5.41, 5.74) is 2.90. The standard InChI is InChI=1S/C19H23NO4S2/c1-14-12-17(25-13-14)26(21,22)20-9-7-19(8-10-20)18-15(6-11-24-19)4-3-5-16(18)23-2/h3-5,12-13H,6-11H2,1-2H3. The Hall–Kier alpha value is -1.41. The van der Waals surface area contributed by atoms with Crippen molar-refractivity contribution in [2.45, 2.75) is 36.0 Å². The van der Waals surface area contributed by atoms with Gasteiger partial charge in [0.05, 0.1) is 19.3 Å². The van der Waals surface area contributed by atoms with E-state index in [1.165, 1.54) is 16.9 Å². The average Bonchev–Trinajstić information content (AvgIpc) is 3.09. The highest BCUT2D eigenvalue weighted by Gasteiger charge is 2.45. The molecule has 0 atom stereocenters. The molecule has 0 saturated carbocycles. The van der Waals surface area contributed by atoms with E-state index in [0.29, 0.717) is 36.7 Å². The van der Waals surface area contributed by atoms with E-state index in [4.69, 9.17) is 9.47 Å². The third kappa shape index (κ3) is 2.87. The van der Waals surface area contributed by atoms with Crippen LogP contribution in [0.3, 0.4) is 0 Å². The van der Waals surface area contributed by atoms with Crippen molar-refractivity contribution in [2.75, 3.05) is 26.8 Å². The highest BCUT2D eigenvalue weighted by Crippen LogP contribution is 2.46. The lowest BCUT2D eigenvalue weighted by Gasteiger charge is -2.45.